The van der Waals surface area contributed by atoms with Gasteiger partial charge in [0.05, 0.1) is 11.9 Å². The molecule has 0 radical (unpaired) electrons. The predicted octanol–water partition coefficient (Wildman–Crippen LogP) is 3.74. The number of rotatable bonds is 5. The highest BCUT2D eigenvalue weighted by Crippen LogP contribution is 2.20. The summed E-state index contributed by atoms with van der Waals surface area (Å²) in [4.78, 5) is 6.81. The fourth-order valence-electron chi connectivity index (χ4n) is 3.62. The maximum absolute atomic E-state index is 4.45. The van der Waals surface area contributed by atoms with Crippen molar-refractivity contribution in [1.82, 2.24) is 20.4 Å². The largest absolute Gasteiger partial charge is 0.369 e. The van der Waals surface area contributed by atoms with Gasteiger partial charge in [0.25, 0.3) is 0 Å². The third kappa shape index (κ3) is 5.53. The molecule has 2 aromatic carbocycles. The summed E-state index contributed by atoms with van der Waals surface area (Å²) in [5.74, 6) is 0.827. The predicted molar refractivity (Wildman–Crippen MR) is 134 cm³/mol. The van der Waals surface area contributed by atoms with E-state index in [-0.39, 0.29) is 24.0 Å². The molecule has 1 aromatic heterocycles. The molecule has 6 nitrogen and oxygen atoms in total. The van der Waals surface area contributed by atoms with Gasteiger partial charge in [0.2, 0.25) is 0 Å². The van der Waals surface area contributed by atoms with Crippen molar-refractivity contribution in [3.05, 3.63) is 78.1 Å². The Labute approximate surface area is 195 Å². The molecule has 2 N–H and O–H groups in total. The quantitative estimate of drug-likeness (QED) is 0.308. The van der Waals surface area contributed by atoms with E-state index < -0.39 is 0 Å². The normalized spacial score (nSPS) is 16.3. The number of hydrogen-bond donors (Lipinski definition) is 2. The van der Waals surface area contributed by atoms with Crippen molar-refractivity contribution >= 4 is 35.6 Å². The minimum absolute atomic E-state index is 0. The van der Waals surface area contributed by atoms with Gasteiger partial charge in [-0.3, -0.25) is 4.99 Å². The Morgan fingerprint density at radius 3 is 2.60 bits per heavy atom. The van der Waals surface area contributed by atoms with Crippen LogP contribution in [0.25, 0.3) is 5.69 Å². The van der Waals surface area contributed by atoms with Gasteiger partial charge in [0.1, 0.15) is 0 Å². The first-order valence-electron chi connectivity index (χ1n) is 10.1. The number of benzene rings is 2. The number of nitrogens with one attached hydrogen (secondary N) is 2. The SMILES string of the molecule is CN=C(NCc1cnn(-c2ccccc2)c1)NC1CCN(c2ccc(C)cc2)C1.I. The number of guanidine groups is 1. The van der Waals surface area contributed by atoms with Crippen LogP contribution in [0, 0.1) is 6.92 Å². The number of anilines is 1. The summed E-state index contributed by atoms with van der Waals surface area (Å²) in [6, 6.07) is 19.3. The van der Waals surface area contributed by atoms with E-state index in [0.717, 1.165) is 36.7 Å². The molecule has 0 amide bonds. The summed E-state index contributed by atoms with van der Waals surface area (Å²) in [5, 5.41) is 11.4. The Hall–Kier alpha value is -2.55. The summed E-state index contributed by atoms with van der Waals surface area (Å²) in [6.07, 6.45) is 5.03. The van der Waals surface area contributed by atoms with E-state index in [0.29, 0.717) is 12.6 Å². The lowest BCUT2D eigenvalue weighted by atomic mass is 10.2. The number of halogens is 1. The topological polar surface area (TPSA) is 57.5 Å². The lowest BCUT2D eigenvalue weighted by Gasteiger charge is -2.20. The van der Waals surface area contributed by atoms with Crippen LogP contribution in [0.15, 0.2) is 72.0 Å². The summed E-state index contributed by atoms with van der Waals surface area (Å²) < 4.78 is 1.89. The number of aromatic nitrogens is 2. The molecule has 0 spiro atoms. The van der Waals surface area contributed by atoms with Gasteiger partial charge < -0.3 is 15.5 Å². The first kappa shape index (κ1) is 22.1. The molecule has 1 atom stereocenters. The molecule has 1 aliphatic rings. The summed E-state index contributed by atoms with van der Waals surface area (Å²) in [5.41, 5.74) is 4.76. The monoisotopic (exact) mass is 516 g/mol. The third-order valence-corrected chi connectivity index (χ3v) is 5.27. The van der Waals surface area contributed by atoms with E-state index in [1.165, 1.54) is 11.3 Å². The van der Waals surface area contributed by atoms with E-state index >= 15 is 0 Å². The highest BCUT2D eigenvalue weighted by atomic mass is 127. The second-order valence-corrected chi connectivity index (χ2v) is 7.47. The van der Waals surface area contributed by atoms with Crippen molar-refractivity contribution in [2.75, 3.05) is 25.0 Å². The molecule has 158 valence electrons. The van der Waals surface area contributed by atoms with Crippen molar-refractivity contribution in [3.8, 4) is 5.69 Å². The van der Waals surface area contributed by atoms with Crippen LogP contribution in [-0.2, 0) is 6.54 Å². The first-order chi connectivity index (χ1) is 14.2. The fourth-order valence-corrected chi connectivity index (χ4v) is 3.62. The standard InChI is InChI=1S/C23H28N6.HI/c1-18-8-10-21(11-9-18)28-13-12-20(17-28)27-23(24-2)25-14-19-15-26-29(16-19)22-6-4-3-5-7-22;/h3-11,15-16,20H,12-14,17H2,1-2H3,(H2,24,25,27);1H. The molecular formula is C23H29IN6. The van der Waals surface area contributed by atoms with Crippen LogP contribution in [0.3, 0.4) is 0 Å². The van der Waals surface area contributed by atoms with Crippen LogP contribution >= 0.6 is 24.0 Å². The summed E-state index contributed by atoms with van der Waals surface area (Å²) >= 11 is 0. The van der Waals surface area contributed by atoms with Crippen LogP contribution in [0.5, 0.6) is 0 Å². The summed E-state index contributed by atoms with van der Waals surface area (Å²) in [7, 11) is 1.81. The number of para-hydroxylation sites is 1. The molecule has 1 fully saturated rings. The molecule has 0 saturated carbocycles. The van der Waals surface area contributed by atoms with Gasteiger partial charge in [-0.15, -0.1) is 24.0 Å². The lowest BCUT2D eigenvalue weighted by molar-refractivity contribution is 0.648. The van der Waals surface area contributed by atoms with Gasteiger partial charge in [-0.05, 0) is 37.6 Å². The van der Waals surface area contributed by atoms with E-state index in [4.69, 9.17) is 0 Å². The summed E-state index contributed by atoms with van der Waals surface area (Å²) in [6.45, 7) is 4.84. The van der Waals surface area contributed by atoms with Crippen LogP contribution < -0.4 is 15.5 Å². The van der Waals surface area contributed by atoms with E-state index in [1.54, 1.807) is 0 Å². The maximum Gasteiger partial charge on any atom is 0.191 e. The van der Waals surface area contributed by atoms with Crippen molar-refractivity contribution in [3.63, 3.8) is 0 Å². The van der Waals surface area contributed by atoms with E-state index in [1.807, 2.05) is 54.5 Å². The van der Waals surface area contributed by atoms with Crippen molar-refractivity contribution in [2.45, 2.75) is 25.9 Å². The van der Waals surface area contributed by atoms with Gasteiger partial charge in [0.15, 0.2) is 5.96 Å². The molecule has 0 bridgehead atoms. The van der Waals surface area contributed by atoms with Crippen LogP contribution in [0.4, 0.5) is 5.69 Å². The van der Waals surface area contributed by atoms with Gasteiger partial charge in [-0.1, -0.05) is 35.9 Å². The van der Waals surface area contributed by atoms with E-state index in [9.17, 15) is 0 Å². The lowest BCUT2D eigenvalue weighted by Crippen LogP contribution is -2.44. The van der Waals surface area contributed by atoms with Crippen molar-refractivity contribution in [2.24, 2.45) is 4.99 Å². The van der Waals surface area contributed by atoms with Crippen LogP contribution in [0.1, 0.15) is 17.5 Å². The Bertz CT molecular complexity index is 951. The Kier molecular flexibility index (Phi) is 7.73. The molecule has 2 heterocycles. The van der Waals surface area contributed by atoms with Crippen LogP contribution in [-0.4, -0.2) is 41.9 Å². The fraction of sp³-hybridized carbons (Fsp3) is 0.304. The number of nitrogens with zero attached hydrogens (tertiary/aromatic N) is 4. The maximum atomic E-state index is 4.45. The van der Waals surface area contributed by atoms with Gasteiger partial charge in [-0.2, -0.15) is 5.10 Å². The average Bonchev–Trinajstić information content (AvgIpc) is 3.42. The van der Waals surface area contributed by atoms with Crippen molar-refractivity contribution < 1.29 is 0 Å². The van der Waals surface area contributed by atoms with Crippen LogP contribution in [0.2, 0.25) is 0 Å². The van der Waals surface area contributed by atoms with Gasteiger partial charge >= 0.3 is 0 Å². The zero-order valence-electron chi connectivity index (χ0n) is 17.5. The molecule has 3 aromatic rings. The highest BCUT2D eigenvalue weighted by molar-refractivity contribution is 14.0. The average molecular weight is 516 g/mol. The molecule has 0 aliphatic carbocycles. The highest BCUT2D eigenvalue weighted by Gasteiger charge is 2.23. The molecule has 1 unspecified atom stereocenters. The number of aryl methyl sites for hydroxylation is 1. The van der Waals surface area contributed by atoms with Crippen molar-refractivity contribution in [1.29, 1.82) is 0 Å². The Balaban J connectivity index is 0.00000256. The Morgan fingerprint density at radius 2 is 1.87 bits per heavy atom. The number of aliphatic imine (C=N–C) groups is 1. The zero-order chi connectivity index (χ0) is 20.1. The zero-order valence-corrected chi connectivity index (χ0v) is 19.8. The molecule has 4 rings (SSSR count). The minimum Gasteiger partial charge on any atom is -0.369 e. The smallest absolute Gasteiger partial charge is 0.191 e. The minimum atomic E-state index is 0. The molecular weight excluding hydrogens is 487 g/mol. The molecule has 7 heteroatoms. The van der Waals surface area contributed by atoms with Gasteiger partial charge in [0, 0.05) is 50.2 Å². The van der Waals surface area contributed by atoms with E-state index in [2.05, 4.69) is 56.8 Å². The first-order valence-corrected chi connectivity index (χ1v) is 10.1. The van der Waals surface area contributed by atoms with Gasteiger partial charge in [-0.25, -0.2) is 4.68 Å². The third-order valence-electron chi connectivity index (χ3n) is 5.27. The molecule has 30 heavy (non-hydrogen) atoms. The second kappa shape index (κ2) is 10.5. The number of hydrogen-bond acceptors (Lipinski definition) is 3. The second-order valence-electron chi connectivity index (χ2n) is 7.47. The Morgan fingerprint density at radius 1 is 1.10 bits per heavy atom. The molecule has 1 saturated heterocycles. The molecule has 1 aliphatic heterocycles.